The second-order valence-electron chi connectivity index (χ2n) is 7.02. The number of benzene rings is 1. The molecule has 2 aliphatic heterocycles. The lowest BCUT2D eigenvalue weighted by molar-refractivity contribution is -0.142. The van der Waals surface area contributed by atoms with E-state index in [4.69, 9.17) is 9.84 Å². The zero-order chi connectivity index (χ0) is 20.3. The highest BCUT2D eigenvalue weighted by Crippen LogP contribution is 2.33. The summed E-state index contributed by atoms with van der Waals surface area (Å²) in [5.41, 5.74) is 0.965. The third-order valence-electron chi connectivity index (χ3n) is 5.13. The monoisotopic (exact) mass is 393 g/mol. The van der Waals surface area contributed by atoms with E-state index < -0.39 is 30.4 Å². The number of ether oxygens (including phenoxy) is 1. The molecule has 28 heavy (non-hydrogen) atoms. The van der Waals surface area contributed by atoms with Crippen molar-refractivity contribution in [2.24, 2.45) is 0 Å². The molecule has 0 aliphatic carbocycles. The molecular weight excluding hydrogens is 369 g/mol. The maximum Gasteiger partial charge on any atom is 0.313 e. The molecule has 0 saturated carbocycles. The van der Waals surface area contributed by atoms with E-state index in [0.29, 0.717) is 43.9 Å². The van der Waals surface area contributed by atoms with Gasteiger partial charge in [-0.15, -0.1) is 0 Å². The van der Waals surface area contributed by atoms with E-state index in [1.165, 1.54) is 13.0 Å². The summed E-state index contributed by atoms with van der Waals surface area (Å²) in [7, 11) is 0. The Morgan fingerprint density at radius 2 is 2.00 bits per heavy atom. The van der Waals surface area contributed by atoms with Crippen LogP contribution in [0.3, 0.4) is 0 Å². The van der Waals surface area contributed by atoms with Crippen LogP contribution in [0.15, 0.2) is 18.2 Å². The summed E-state index contributed by atoms with van der Waals surface area (Å²) in [6, 6.07) is 4.71. The average molecular weight is 393 g/mol. The zero-order valence-corrected chi connectivity index (χ0v) is 15.7. The van der Waals surface area contributed by atoms with Crippen LogP contribution in [-0.2, 0) is 19.1 Å². The summed E-state index contributed by atoms with van der Waals surface area (Å²) in [6.07, 6.45) is -0.0267. The van der Waals surface area contributed by atoms with Crippen molar-refractivity contribution in [2.75, 3.05) is 44.2 Å². The van der Waals surface area contributed by atoms with Crippen LogP contribution in [0.25, 0.3) is 0 Å². The quantitative estimate of drug-likeness (QED) is 0.684. The normalized spacial score (nSPS) is 22.2. The molecule has 0 spiro atoms. The fraction of sp³-hybridized carbons (Fsp3) is 0.526. The maximum absolute atomic E-state index is 14.7. The van der Waals surface area contributed by atoms with Crippen LogP contribution in [0.2, 0.25) is 0 Å². The minimum atomic E-state index is -0.554. The fourth-order valence-electron chi connectivity index (χ4n) is 3.60. The van der Waals surface area contributed by atoms with Gasteiger partial charge in [0.05, 0.1) is 18.2 Å². The highest BCUT2D eigenvalue weighted by atomic mass is 19.1. The predicted octanol–water partition coefficient (Wildman–Crippen LogP) is 0.00180. The number of cyclic esters (lactones) is 1. The lowest BCUT2D eigenvalue weighted by Crippen LogP contribution is -2.49. The second-order valence-corrected chi connectivity index (χ2v) is 7.02. The van der Waals surface area contributed by atoms with Gasteiger partial charge in [-0.1, -0.05) is 6.07 Å². The number of aliphatic hydroxyl groups excluding tert-OH is 1. The number of piperazine rings is 1. The number of hydrogen-bond donors (Lipinski definition) is 2. The minimum Gasteiger partial charge on any atom is -0.460 e. The van der Waals surface area contributed by atoms with Crippen LogP contribution in [0, 0.1) is 5.82 Å². The van der Waals surface area contributed by atoms with Crippen LogP contribution >= 0.6 is 0 Å². The molecule has 2 heterocycles. The lowest BCUT2D eigenvalue weighted by atomic mass is 9.95. The Bertz CT molecular complexity index is 764. The van der Waals surface area contributed by atoms with Crippen LogP contribution < -0.4 is 10.2 Å². The Morgan fingerprint density at radius 3 is 2.61 bits per heavy atom. The van der Waals surface area contributed by atoms with Gasteiger partial charge in [-0.2, -0.15) is 0 Å². The molecule has 1 aromatic rings. The number of rotatable bonds is 5. The van der Waals surface area contributed by atoms with Crippen molar-refractivity contribution < 1.29 is 28.6 Å². The van der Waals surface area contributed by atoms with Gasteiger partial charge in [0.25, 0.3) is 0 Å². The number of nitrogens with one attached hydrogen (secondary N) is 1. The van der Waals surface area contributed by atoms with Gasteiger partial charge in [0.15, 0.2) is 0 Å². The summed E-state index contributed by atoms with van der Waals surface area (Å²) in [5, 5.41) is 11.5. The lowest BCUT2D eigenvalue weighted by Gasteiger charge is -2.36. The molecule has 0 bridgehead atoms. The van der Waals surface area contributed by atoms with Gasteiger partial charge in [-0.3, -0.25) is 14.4 Å². The Balaban J connectivity index is 1.64. The highest BCUT2D eigenvalue weighted by Gasteiger charge is 2.36. The first kappa shape index (κ1) is 20.1. The largest absolute Gasteiger partial charge is 0.460 e. The number of carbonyl (C=O) groups excluding carboxylic acids is 3. The van der Waals surface area contributed by atoms with Crippen LogP contribution in [0.1, 0.15) is 24.8 Å². The summed E-state index contributed by atoms with van der Waals surface area (Å²) in [5.74, 6) is -1.93. The number of carbonyl (C=O) groups is 3. The van der Waals surface area contributed by atoms with Crippen molar-refractivity contribution in [2.45, 2.75) is 25.4 Å². The fourth-order valence-corrected chi connectivity index (χ4v) is 3.60. The predicted molar refractivity (Wildman–Crippen MR) is 98.2 cm³/mol. The van der Waals surface area contributed by atoms with Gasteiger partial charge in [0.1, 0.15) is 18.5 Å². The van der Waals surface area contributed by atoms with Crippen molar-refractivity contribution in [3.8, 4) is 0 Å². The van der Waals surface area contributed by atoms with Crippen LogP contribution in [0.5, 0.6) is 0 Å². The smallest absolute Gasteiger partial charge is 0.313 e. The van der Waals surface area contributed by atoms with Gasteiger partial charge < -0.3 is 25.0 Å². The molecule has 2 fully saturated rings. The number of anilines is 1. The molecule has 1 aromatic carbocycles. The second kappa shape index (κ2) is 8.55. The molecule has 1 unspecified atom stereocenters. The van der Waals surface area contributed by atoms with Crippen molar-refractivity contribution in [3.05, 3.63) is 29.6 Å². The standard InChI is InChI=1S/C19H24FN3O5/c1-12(25)21-10-14-9-15(19(27)28-14)13-2-3-17(16(20)8-13)22-4-6-23(7-5-22)18(26)11-24/h2-3,8,14-15,24H,4-7,9-11H2,1H3,(H,21,25)/t14-,15?/m1/s1. The molecule has 2 N–H and O–H groups in total. The average Bonchev–Trinajstić information content (AvgIpc) is 3.06. The summed E-state index contributed by atoms with van der Waals surface area (Å²) in [6.45, 7) is 2.87. The Kier molecular flexibility index (Phi) is 6.13. The molecule has 0 radical (unpaired) electrons. The van der Waals surface area contributed by atoms with Crippen molar-refractivity contribution in [1.29, 1.82) is 0 Å². The Hall–Kier alpha value is -2.68. The van der Waals surface area contributed by atoms with Crippen LogP contribution in [0.4, 0.5) is 10.1 Å². The summed E-state index contributed by atoms with van der Waals surface area (Å²) in [4.78, 5) is 38.0. The van der Waals surface area contributed by atoms with E-state index in [1.54, 1.807) is 17.0 Å². The van der Waals surface area contributed by atoms with E-state index in [9.17, 15) is 18.8 Å². The van der Waals surface area contributed by atoms with Gasteiger partial charge >= 0.3 is 5.97 Å². The Morgan fingerprint density at radius 1 is 1.29 bits per heavy atom. The van der Waals surface area contributed by atoms with Gasteiger partial charge in [-0.05, 0) is 17.7 Å². The molecule has 2 aliphatic rings. The van der Waals surface area contributed by atoms with Crippen LogP contribution in [-0.4, -0.2) is 73.2 Å². The van der Waals surface area contributed by atoms with E-state index in [1.807, 2.05) is 4.90 Å². The number of amides is 2. The molecular formula is C19H24FN3O5. The molecule has 3 rings (SSSR count). The third-order valence-corrected chi connectivity index (χ3v) is 5.13. The SMILES string of the molecule is CC(=O)NC[C@H]1CC(c2ccc(N3CCN(C(=O)CO)CC3)c(F)c2)C(=O)O1. The number of nitrogens with zero attached hydrogens (tertiary/aromatic N) is 2. The first-order valence-electron chi connectivity index (χ1n) is 9.27. The zero-order valence-electron chi connectivity index (χ0n) is 15.7. The first-order valence-corrected chi connectivity index (χ1v) is 9.27. The van der Waals surface area contributed by atoms with Gasteiger partial charge in [0.2, 0.25) is 11.8 Å². The molecule has 2 saturated heterocycles. The Labute approximate surface area is 162 Å². The molecule has 8 nitrogen and oxygen atoms in total. The molecule has 2 atom stereocenters. The summed E-state index contributed by atoms with van der Waals surface area (Å²) < 4.78 is 20.0. The van der Waals surface area contributed by atoms with Gasteiger partial charge in [0, 0.05) is 39.5 Å². The number of esters is 1. The molecule has 0 aromatic heterocycles. The van der Waals surface area contributed by atoms with E-state index >= 15 is 0 Å². The topological polar surface area (TPSA) is 99.2 Å². The van der Waals surface area contributed by atoms with Gasteiger partial charge in [-0.25, -0.2) is 4.39 Å². The highest BCUT2D eigenvalue weighted by molar-refractivity contribution is 5.81. The molecule has 9 heteroatoms. The number of halogens is 1. The van der Waals surface area contributed by atoms with E-state index in [0.717, 1.165) is 0 Å². The van der Waals surface area contributed by atoms with E-state index in [2.05, 4.69) is 5.32 Å². The van der Waals surface area contributed by atoms with E-state index in [-0.39, 0.29) is 18.4 Å². The number of aliphatic hydroxyl groups is 1. The molecule has 152 valence electrons. The molecule has 2 amide bonds. The number of hydrogen-bond acceptors (Lipinski definition) is 6. The summed E-state index contributed by atoms with van der Waals surface area (Å²) >= 11 is 0. The van der Waals surface area contributed by atoms with Crippen molar-refractivity contribution in [1.82, 2.24) is 10.2 Å². The van der Waals surface area contributed by atoms with Crippen molar-refractivity contribution >= 4 is 23.5 Å². The van der Waals surface area contributed by atoms with Crippen molar-refractivity contribution in [3.63, 3.8) is 0 Å². The third kappa shape index (κ3) is 4.41. The first-order chi connectivity index (χ1) is 13.4. The minimum absolute atomic E-state index is 0.198. The maximum atomic E-state index is 14.7.